The molecular formula is C13H24F3NO2. The first-order chi connectivity index (χ1) is 8.76. The largest absolute Gasteiger partial charge is 0.418 e. The average molecular weight is 283 g/mol. The van der Waals surface area contributed by atoms with Crippen LogP contribution < -0.4 is 0 Å². The Kier molecular flexibility index (Phi) is 6.08. The first kappa shape index (κ1) is 16.7. The molecule has 1 fully saturated rings. The van der Waals surface area contributed by atoms with Gasteiger partial charge in [-0.15, -0.1) is 0 Å². The van der Waals surface area contributed by atoms with Gasteiger partial charge < -0.3 is 14.7 Å². The van der Waals surface area contributed by atoms with Crippen molar-refractivity contribution in [3.8, 4) is 0 Å². The fourth-order valence-corrected chi connectivity index (χ4v) is 2.26. The molecule has 0 aromatic rings. The van der Waals surface area contributed by atoms with Crippen molar-refractivity contribution in [2.45, 2.75) is 57.4 Å². The maximum atomic E-state index is 12.6. The Bertz CT molecular complexity index is 269. The summed E-state index contributed by atoms with van der Waals surface area (Å²) >= 11 is 0. The molecule has 1 heterocycles. The SMILES string of the molecule is CCCO[C@@H]1CCCN(C[C@](C)(O)C(F)(F)F)CC1. The van der Waals surface area contributed by atoms with Gasteiger partial charge in [-0.05, 0) is 39.2 Å². The van der Waals surface area contributed by atoms with Crippen molar-refractivity contribution >= 4 is 0 Å². The van der Waals surface area contributed by atoms with Crippen LogP contribution in [0.1, 0.15) is 39.5 Å². The molecule has 6 heteroatoms. The van der Waals surface area contributed by atoms with E-state index in [0.717, 1.165) is 32.6 Å². The maximum absolute atomic E-state index is 12.6. The van der Waals surface area contributed by atoms with E-state index in [-0.39, 0.29) is 12.6 Å². The van der Waals surface area contributed by atoms with E-state index in [2.05, 4.69) is 0 Å². The number of nitrogens with zero attached hydrogens (tertiary/aromatic N) is 1. The second kappa shape index (κ2) is 6.90. The summed E-state index contributed by atoms with van der Waals surface area (Å²) in [5.41, 5.74) is -2.64. The summed E-state index contributed by atoms with van der Waals surface area (Å²) in [6.07, 6.45) is -1.08. The van der Waals surface area contributed by atoms with Gasteiger partial charge in [0.2, 0.25) is 0 Å². The van der Waals surface area contributed by atoms with Crippen LogP contribution in [0.5, 0.6) is 0 Å². The molecule has 0 bridgehead atoms. The van der Waals surface area contributed by atoms with Gasteiger partial charge in [0.25, 0.3) is 0 Å². The van der Waals surface area contributed by atoms with E-state index < -0.39 is 11.8 Å². The quantitative estimate of drug-likeness (QED) is 0.842. The lowest BCUT2D eigenvalue weighted by molar-refractivity contribution is -0.257. The molecule has 114 valence electrons. The molecule has 1 N–H and O–H groups in total. The number of hydrogen-bond acceptors (Lipinski definition) is 3. The third kappa shape index (κ3) is 5.28. The minimum absolute atomic E-state index is 0.140. The summed E-state index contributed by atoms with van der Waals surface area (Å²) in [6.45, 7) is 4.33. The van der Waals surface area contributed by atoms with Gasteiger partial charge >= 0.3 is 6.18 Å². The van der Waals surface area contributed by atoms with Gasteiger partial charge in [0, 0.05) is 19.7 Å². The highest BCUT2D eigenvalue weighted by Gasteiger charge is 2.50. The number of rotatable bonds is 5. The molecule has 3 nitrogen and oxygen atoms in total. The summed E-state index contributed by atoms with van der Waals surface area (Å²) in [5, 5.41) is 9.50. The van der Waals surface area contributed by atoms with Crippen LogP contribution in [0.3, 0.4) is 0 Å². The highest BCUT2D eigenvalue weighted by Crippen LogP contribution is 2.31. The van der Waals surface area contributed by atoms with E-state index in [1.165, 1.54) is 0 Å². The Morgan fingerprint density at radius 2 is 1.95 bits per heavy atom. The van der Waals surface area contributed by atoms with Gasteiger partial charge in [-0.2, -0.15) is 13.2 Å². The van der Waals surface area contributed by atoms with Gasteiger partial charge in [0.1, 0.15) is 0 Å². The Balaban J connectivity index is 2.45. The number of hydrogen-bond donors (Lipinski definition) is 1. The van der Waals surface area contributed by atoms with E-state index in [4.69, 9.17) is 4.74 Å². The number of halogens is 3. The zero-order valence-corrected chi connectivity index (χ0v) is 11.7. The Morgan fingerprint density at radius 3 is 2.53 bits per heavy atom. The first-order valence-corrected chi connectivity index (χ1v) is 6.89. The van der Waals surface area contributed by atoms with E-state index in [1.807, 2.05) is 6.92 Å². The van der Waals surface area contributed by atoms with Gasteiger partial charge in [0.15, 0.2) is 5.60 Å². The van der Waals surface area contributed by atoms with E-state index >= 15 is 0 Å². The van der Waals surface area contributed by atoms with E-state index in [9.17, 15) is 18.3 Å². The highest BCUT2D eigenvalue weighted by molar-refractivity contribution is 4.86. The first-order valence-electron chi connectivity index (χ1n) is 6.89. The molecule has 1 rings (SSSR count). The third-order valence-corrected chi connectivity index (χ3v) is 3.47. The lowest BCUT2D eigenvalue weighted by Gasteiger charge is -2.32. The van der Waals surface area contributed by atoms with Crippen molar-refractivity contribution in [2.75, 3.05) is 26.2 Å². The van der Waals surface area contributed by atoms with Crippen LogP contribution in [0.25, 0.3) is 0 Å². The smallest absolute Gasteiger partial charge is 0.380 e. The number of ether oxygens (including phenoxy) is 1. The monoisotopic (exact) mass is 283 g/mol. The van der Waals surface area contributed by atoms with Crippen molar-refractivity contribution in [2.24, 2.45) is 0 Å². The van der Waals surface area contributed by atoms with Crippen molar-refractivity contribution < 1.29 is 23.0 Å². The molecular weight excluding hydrogens is 259 g/mol. The molecule has 2 atom stereocenters. The van der Waals surface area contributed by atoms with Gasteiger partial charge in [-0.1, -0.05) is 6.92 Å². The van der Waals surface area contributed by atoms with Gasteiger partial charge in [-0.25, -0.2) is 0 Å². The normalized spacial score (nSPS) is 25.9. The zero-order valence-electron chi connectivity index (χ0n) is 11.7. The number of likely N-dealkylation sites (tertiary alicyclic amines) is 1. The van der Waals surface area contributed by atoms with Crippen LogP contribution in [0, 0.1) is 0 Å². The van der Waals surface area contributed by atoms with Crippen molar-refractivity contribution in [3.63, 3.8) is 0 Å². The van der Waals surface area contributed by atoms with Crippen LogP contribution in [-0.2, 0) is 4.74 Å². The van der Waals surface area contributed by atoms with Gasteiger partial charge in [-0.3, -0.25) is 0 Å². The molecule has 0 saturated carbocycles. The molecule has 0 radical (unpaired) electrons. The number of β-amino-alcohol motifs (C(OH)–C–C–N with tert-alkyl or cyclic N) is 1. The molecule has 0 spiro atoms. The zero-order chi connectivity index (χ0) is 14.5. The number of aliphatic hydroxyl groups is 1. The molecule has 19 heavy (non-hydrogen) atoms. The second-order valence-electron chi connectivity index (χ2n) is 5.47. The predicted octanol–water partition coefficient (Wildman–Crippen LogP) is 2.58. The highest BCUT2D eigenvalue weighted by atomic mass is 19.4. The summed E-state index contributed by atoms with van der Waals surface area (Å²) in [4.78, 5) is 1.68. The van der Waals surface area contributed by atoms with E-state index in [0.29, 0.717) is 19.7 Å². The maximum Gasteiger partial charge on any atom is 0.418 e. The lowest BCUT2D eigenvalue weighted by Crippen LogP contribution is -2.51. The van der Waals surface area contributed by atoms with E-state index in [1.54, 1.807) is 4.90 Å². The van der Waals surface area contributed by atoms with Crippen LogP contribution in [0.15, 0.2) is 0 Å². The Hall–Kier alpha value is -0.330. The predicted molar refractivity (Wildman–Crippen MR) is 67.0 cm³/mol. The fourth-order valence-electron chi connectivity index (χ4n) is 2.26. The molecule has 1 aliphatic heterocycles. The van der Waals surface area contributed by atoms with Crippen LogP contribution in [0.4, 0.5) is 13.2 Å². The average Bonchev–Trinajstić information content (AvgIpc) is 2.50. The number of alkyl halides is 3. The minimum Gasteiger partial charge on any atom is -0.380 e. The van der Waals surface area contributed by atoms with Crippen LogP contribution in [-0.4, -0.2) is 54.1 Å². The second-order valence-corrected chi connectivity index (χ2v) is 5.47. The molecule has 0 unspecified atom stereocenters. The third-order valence-electron chi connectivity index (χ3n) is 3.47. The molecule has 1 saturated heterocycles. The molecule has 1 aliphatic rings. The standard InChI is InChI=1S/C13H24F3NO2/c1-3-9-19-11-5-4-7-17(8-6-11)10-12(2,18)13(14,15)16/h11,18H,3-10H2,1-2H3/t11-,12+/m1/s1. The van der Waals surface area contributed by atoms with Crippen molar-refractivity contribution in [1.29, 1.82) is 0 Å². The van der Waals surface area contributed by atoms with Crippen LogP contribution in [0.2, 0.25) is 0 Å². The van der Waals surface area contributed by atoms with Crippen molar-refractivity contribution in [3.05, 3.63) is 0 Å². The summed E-state index contributed by atoms with van der Waals surface area (Å²) < 4.78 is 43.5. The summed E-state index contributed by atoms with van der Waals surface area (Å²) in [5.74, 6) is 0. The van der Waals surface area contributed by atoms with Gasteiger partial charge in [0.05, 0.1) is 6.10 Å². The Labute approximate surface area is 112 Å². The molecule has 0 aliphatic carbocycles. The van der Waals surface area contributed by atoms with Crippen LogP contribution >= 0.6 is 0 Å². The molecule has 0 aromatic heterocycles. The summed E-state index contributed by atoms with van der Waals surface area (Å²) in [6, 6.07) is 0. The Morgan fingerprint density at radius 1 is 1.26 bits per heavy atom. The lowest BCUT2D eigenvalue weighted by atomic mass is 10.1. The summed E-state index contributed by atoms with van der Waals surface area (Å²) in [7, 11) is 0. The minimum atomic E-state index is -4.59. The topological polar surface area (TPSA) is 32.7 Å². The molecule has 0 amide bonds. The fraction of sp³-hybridized carbons (Fsp3) is 1.00. The van der Waals surface area contributed by atoms with Crippen molar-refractivity contribution in [1.82, 2.24) is 4.90 Å². The molecule has 0 aromatic carbocycles.